The van der Waals surface area contributed by atoms with E-state index in [2.05, 4.69) is 48.4 Å². The number of nitrogens with zero attached hydrogens (tertiary/aromatic N) is 2. The number of fused-ring (bicyclic) bond motifs is 1. The molecule has 1 aromatic carbocycles. The number of aromatic nitrogens is 2. The first-order chi connectivity index (χ1) is 17.5. The number of aryl methyl sites for hydroxylation is 3. The second kappa shape index (κ2) is 12.5. The molecule has 1 unspecified atom stereocenters. The Kier molecular flexibility index (Phi) is 9.10. The second-order valence-electron chi connectivity index (χ2n) is 9.35. The van der Waals surface area contributed by atoms with Gasteiger partial charge in [0.05, 0.1) is 31.0 Å². The molecule has 0 aliphatic heterocycles. The highest BCUT2D eigenvalue weighted by Crippen LogP contribution is 2.37. The first kappa shape index (κ1) is 26.3. The number of nitrogens with one attached hydrogen (secondary N) is 1. The summed E-state index contributed by atoms with van der Waals surface area (Å²) in [6.07, 6.45) is 6.27. The molecule has 6 nitrogen and oxygen atoms in total. The molecule has 1 N–H and O–H groups in total. The number of rotatable bonds is 12. The normalized spacial score (nSPS) is 15.5. The Morgan fingerprint density at radius 3 is 2.78 bits per heavy atom. The van der Waals surface area contributed by atoms with Crippen LogP contribution in [0.4, 0.5) is 0 Å². The summed E-state index contributed by atoms with van der Waals surface area (Å²) in [5, 5.41) is 4.65. The molecule has 2 atom stereocenters. The van der Waals surface area contributed by atoms with Gasteiger partial charge in [-0.3, -0.25) is 9.78 Å². The van der Waals surface area contributed by atoms with Crippen LogP contribution in [0.1, 0.15) is 78.9 Å². The summed E-state index contributed by atoms with van der Waals surface area (Å²) < 4.78 is 11.2. The lowest BCUT2D eigenvalue weighted by Gasteiger charge is -2.17. The minimum Gasteiger partial charge on any atom is -0.494 e. The van der Waals surface area contributed by atoms with Crippen LogP contribution in [-0.2, 0) is 16.0 Å². The van der Waals surface area contributed by atoms with Crippen molar-refractivity contribution in [1.82, 2.24) is 15.3 Å². The highest BCUT2D eigenvalue weighted by atomic mass is 32.1. The lowest BCUT2D eigenvalue weighted by atomic mass is 9.98. The van der Waals surface area contributed by atoms with Gasteiger partial charge in [0.2, 0.25) is 0 Å². The maximum atomic E-state index is 11.9. The third-order valence-corrected chi connectivity index (χ3v) is 7.96. The lowest BCUT2D eigenvalue weighted by molar-refractivity contribution is -0.143. The van der Waals surface area contributed by atoms with Gasteiger partial charge in [0.15, 0.2) is 0 Å². The zero-order valence-electron chi connectivity index (χ0n) is 21.8. The van der Waals surface area contributed by atoms with Crippen molar-refractivity contribution in [3.05, 3.63) is 63.9 Å². The Hall–Kier alpha value is -2.77. The number of benzene rings is 1. The lowest BCUT2D eigenvalue weighted by Crippen LogP contribution is -2.24. The highest BCUT2D eigenvalue weighted by molar-refractivity contribution is 7.15. The van der Waals surface area contributed by atoms with Crippen molar-refractivity contribution in [2.24, 2.45) is 0 Å². The van der Waals surface area contributed by atoms with Crippen LogP contribution >= 0.6 is 11.3 Å². The van der Waals surface area contributed by atoms with Gasteiger partial charge in [0.25, 0.3) is 0 Å². The molecule has 1 aliphatic rings. The zero-order chi connectivity index (χ0) is 25.5. The number of hydrogen-bond acceptors (Lipinski definition) is 7. The number of carbonyl (C=O) groups excluding carboxylic acids is 1. The summed E-state index contributed by atoms with van der Waals surface area (Å²) >= 11 is 1.72. The van der Waals surface area contributed by atoms with Crippen molar-refractivity contribution in [1.29, 1.82) is 0 Å². The van der Waals surface area contributed by atoms with E-state index in [0.29, 0.717) is 19.6 Å². The van der Waals surface area contributed by atoms with Gasteiger partial charge >= 0.3 is 5.97 Å². The molecule has 3 aromatic rings. The quantitative estimate of drug-likeness (QED) is 0.229. The molecular formula is C29H37N3O3S. The molecule has 0 saturated carbocycles. The van der Waals surface area contributed by atoms with Crippen LogP contribution in [0.5, 0.6) is 5.75 Å². The van der Waals surface area contributed by atoms with Gasteiger partial charge in [-0.15, -0.1) is 11.3 Å². The smallest absolute Gasteiger partial charge is 0.306 e. The molecule has 4 rings (SSSR count). The third-order valence-electron chi connectivity index (χ3n) is 6.84. The van der Waals surface area contributed by atoms with Crippen molar-refractivity contribution in [2.75, 3.05) is 19.8 Å². The number of ether oxygens (including phenoxy) is 2. The molecule has 0 fully saturated rings. The summed E-state index contributed by atoms with van der Waals surface area (Å²) in [6.45, 7) is 10.1. The molecule has 2 aromatic heterocycles. The van der Waals surface area contributed by atoms with E-state index < -0.39 is 0 Å². The highest BCUT2D eigenvalue weighted by Gasteiger charge is 2.25. The van der Waals surface area contributed by atoms with Crippen LogP contribution < -0.4 is 10.1 Å². The van der Waals surface area contributed by atoms with Crippen molar-refractivity contribution in [3.63, 3.8) is 0 Å². The fraction of sp³-hybridized carbons (Fsp3) is 0.483. The van der Waals surface area contributed by atoms with Gasteiger partial charge in [0, 0.05) is 22.7 Å². The first-order valence-electron chi connectivity index (χ1n) is 13.0. The number of carbonyl (C=O) groups is 1. The topological polar surface area (TPSA) is 73.3 Å². The summed E-state index contributed by atoms with van der Waals surface area (Å²) in [4.78, 5) is 22.5. The Balaban J connectivity index is 1.22. The Morgan fingerprint density at radius 2 is 2.08 bits per heavy atom. The summed E-state index contributed by atoms with van der Waals surface area (Å²) in [7, 11) is 0. The van der Waals surface area contributed by atoms with Crippen molar-refractivity contribution in [3.8, 4) is 16.3 Å². The van der Waals surface area contributed by atoms with Crippen molar-refractivity contribution in [2.45, 2.75) is 71.8 Å². The standard InChI is InChI=1S/C29H37N3O3S/c1-5-26(27-13-10-23(18-31-27)29-32-19(3)20(4)36-29)30-14-7-15-35-24-11-12-25-21(16-24)8-9-22(25)17-28(33)34-6-2/h10-13,16,18,22,26,30H,5-9,14-15,17H2,1-4H3/t22-,26?/m0/s1. The fourth-order valence-corrected chi connectivity index (χ4v) is 5.64. The Morgan fingerprint density at radius 1 is 1.22 bits per heavy atom. The Bertz CT molecular complexity index is 1140. The minimum atomic E-state index is -0.107. The SMILES string of the molecule is CCOC(=O)C[C@@H]1CCc2cc(OCCCNC(CC)c3ccc(-c4nc(C)c(C)s4)cn3)ccc21. The van der Waals surface area contributed by atoms with Gasteiger partial charge in [0.1, 0.15) is 10.8 Å². The largest absolute Gasteiger partial charge is 0.494 e. The average molecular weight is 508 g/mol. The van der Waals surface area contributed by atoms with Gasteiger partial charge < -0.3 is 14.8 Å². The summed E-state index contributed by atoms with van der Waals surface area (Å²) in [5.41, 5.74) is 5.78. The van der Waals surface area contributed by atoms with E-state index in [1.165, 1.54) is 16.0 Å². The third kappa shape index (κ3) is 6.51. The van der Waals surface area contributed by atoms with Crippen molar-refractivity contribution < 1.29 is 14.3 Å². The van der Waals surface area contributed by atoms with Gasteiger partial charge in [-0.05, 0) is 94.3 Å². The van der Waals surface area contributed by atoms with E-state index in [0.717, 1.165) is 59.9 Å². The summed E-state index contributed by atoms with van der Waals surface area (Å²) in [5.74, 6) is 1.06. The molecular weight excluding hydrogens is 470 g/mol. The van der Waals surface area contributed by atoms with Gasteiger partial charge in [-0.1, -0.05) is 13.0 Å². The molecule has 0 amide bonds. The van der Waals surface area contributed by atoms with Crippen LogP contribution in [0.25, 0.3) is 10.6 Å². The van der Waals surface area contributed by atoms with Crippen LogP contribution in [0, 0.1) is 13.8 Å². The van der Waals surface area contributed by atoms with Crippen LogP contribution in [-0.4, -0.2) is 35.7 Å². The van der Waals surface area contributed by atoms with Gasteiger partial charge in [-0.25, -0.2) is 4.98 Å². The molecule has 192 valence electrons. The number of esters is 1. The monoisotopic (exact) mass is 507 g/mol. The second-order valence-corrected chi connectivity index (χ2v) is 10.6. The predicted octanol–water partition coefficient (Wildman–Crippen LogP) is 6.31. The molecule has 2 heterocycles. The molecule has 36 heavy (non-hydrogen) atoms. The van der Waals surface area contributed by atoms with E-state index >= 15 is 0 Å². The van der Waals surface area contributed by atoms with E-state index in [4.69, 9.17) is 14.5 Å². The van der Waals surface area contributed by atoms with Crippen LogP contribution in [0.3, 0.4) is 0 Å². The van der Waals surface area contributed by atoms with E-state index in [-0.39, 0.29) is 17.9 Å². The Labute approximate surface area is 218 Å². The van der Waals surface area contributed by atoms with Crippen LogP contribution in [0.2, 0.25) is 0 Å². The fourth-order valence-electron chi connectivity index (χ4n) is 4.74. The molecule has 0 spiro atoms. The molecule has 7 heteroatoms. The maximum Gasteiger partial charge on any atom is 0.306 e. The number of hydrogen-bond donors (Lipinski definition) is 1. The average Bonchev–Trinajstić information content (AvgIpc) is 3.43. The van der Waals surface area contributed by atoms with Gasteiger partial charge in [-0.2, -0.15) is 0 Å². The van der Waals surface area contributed by atoms with Crippen LogP contribution in [0.15, 0.2) is 36.5 Å². The maximum absolute atomic E-state index is 11.9. The molecule has 0 bridgehead atoms. The van der Waals surface area contributed by atoms with E-state index in [9.17, 15) is 4.79 Å². The number of pyridine rings is 1. The number of thiazole rings is 1. The summed E-state index contributed by atoms with van der Waals surface area (Å²) in [6, 6.07) is 10.7. The predicted molar refractivity (Wildman–Crippen MR) is 145 cm³/mol. The van der Waals surface area contributed by atoms with Crippen molar-refractivity contribution >= 4 is 17.3 Å². The zero-order valence-corrected chi connectivity index (χ0v) is 22.6. The minimum absolute atomic E-state index is 0.107. The molecule has 0 saturated heterocycles. The molecule has 0 radical (unpaired) electrons. The van der Waals surface area contributed by atoms with E-state index in [1.807, 2.05) is 26.1 Å². The van der Waals surface area contributed by atoms with E-state index in [1.54, 1.807) is 11.3 Å². The molecule has 1 aliphatic carbocycles. The first-order valence-corrected chi connectivity index (χ1v) is 13.8.